The second-order valence-corrected chi connectivity index (χ2v) is 7.72. The van der Waals surface area contributed by atoms with Crippen LogP contribution in [-0.4, -0.2) is 50.0 Å². The van der Waals surface area contributed by atoms with E-state index in [0.29, 0.717) is 12.0 Å². The summed E-state index contributed by atoms with van der Waals surface area (Å²) in [6, 6.07) is 0.350. The van der Waals surface area contributed by atoms with Gasteiger partial charge < -0.3 is 24.3 Å². The Kier molecular flexibility index (Phi) is 14.9. The van der Waals surface area contributed by atoms with Gasteiger partial charge in [0.25, 0.3) is 0 Å². The SMILES string of the molecule is CC(N)C1CCCCCCCCNC1.CO[SiH](OC)OC. The van der Waals surface area contributed by atoms with Crippen LogP contribution in [0.5, 0.6) is 0 Å². The van der Waals surface area contributed by atoms with Crippen molar-refractivity contribution in [2.24, 2.45) is 11.7 Å². The third-order valence-electron chi connectivity index (χ3n) is 3.91. The van der Waals surface area contributed by atoms with E-state index in [0.717, 1.165) is 6.54 Å². The van der Waals surface area contributed by atoms with Gasteiger partial charge >= 0.3 is 9.53 Å². The molecule has 1 fully saturated rings. The minimum absolute atomic E-state index is 0.350. The number of nitrogens with two attached hydrogens (primary N) is 1. The van der Waals surface area contributed by atoms with E-state index in [-0.39, 0.29) is 0 Å². The number of rotatable bonds is 4. The van der Waals surface area contributed by atoms with Crippen molar-refractivity contribution in [3.8, 4) is 0 Å². The lowest BCUT2D eigenvalue weighted by atomic mass is 9.95. The number of nitrogens with one attached hydrogen (secondary N) is 1. The lowest BCUT2D eigenvalue weighted by Crippen LogP contribution is -2.35. The fourth-order valence-corrected chi connectivity index (χ4v) is 3.07. The van der Waals surface area contributed by atoms with Crippen LogP contribution in [0, 0.1) is 5.92 Å². The Bertz CT molecular complexity index is 200. The van der Waals surface area contributed by atoms with Gasteiger partial charge in [0.05, 0.1) is 0 Å². The third kappa shape index (κ3) is 12.3. The summed E-state index contributed by atoms with van der Waals surface area (Å²) in [5, 5.41) is 3.53. The molecule has 0 spiro atoms. The van der Waals surface area contributed by atoms with Gasteiger partial charge in [-0.1, -0.05) is 32.1 Å². The average molecular weight is 321 g/mol. The van der Waals surface area contributed by atoms with E-state index in [1.54, 1.807) is 21.3 Å². The van der Waals surface area contributed by atoms with Crippen LogP contribution in [0.3, 0.4) is 0 Å². The molecule has 5 nitrogen and oxygen atoms in total. The molecule has 3 N–H and O–H groups in total. The van der Waals surface area contributed by atoms with Gasteiger partial charge in [0.1, 0.15) is 0 Å². The van der Waals surface area contributed by atoms with Crippen molar-refractivity contribution >= 4 is 9.53 Å². The van der Waals surface area contributed by atoms with Gasteiger partial charge in [0, 0.05) is 27.4 Å². The molecule has 0 saturated carbocycles. The first-order chi connectivity index (χ1) is 10.2. The second kappa shape index (κ2) is 14.9. The molecule has 2 unspecified atom stereocenters. The molecule has 0 bridgehead atoms. The van der Waals surface area contributed by atoms with Crippen LogP contribution in [-0.2, 0) is 13.3 Å². The first kappa shape index (κ1) is 21.0. The van der Waals surface area contributed by atoms with E-state index in [4.69, 9.17) is 19.0 Å². The molecule has 21 heavy (non-hydrogen) atoms. The van der Waals surface area contributed by atoms with Crippen molar-refractivity contribution in [3.05, 3.63) is 0 Å². The maximum Gasteiger partial charge on any atom is 0.483 e. The summed E-state index contributed by atoms with van der Waals surface area (Å²) >= 11 is 0. The van der Waals surface area contributed by atoms with Gasteiger partial charge in [0.15, 0.2) is 0 Å². The standard InChI is InChI=1S/C12H26N2.C3H10O3Si/c1-11(13)12-8-6-4-2-3-5-7-9-14-10-12;1-4-7(5-2)6-3/h11-12,14H,2-10,13H2,1H3;7H,1-3H3. The van der Waals surface area contributed by atoms with Gasteiger partial charge in [-0.3, -0.25) is 0 Å². The summed E-state index contributed by atoms with van der Waals surface area (Å²) < 4.78 is 14.2. The highest BCUT2D eigenvalue weighted by Gasteiger charge is 2.13. The quantitative estimate of drug-likeness (QED) is 0.775. The Morgan fingerprint density at radius 1 is 0.952 bits per heavy atom. The maximum absolute atomic E-state index is 5.98. The first-order valence-electron chi connectivity index (χ1n) is 8.20. The maximum atomic E-state index is 5.98. The van der Waals surface area contributed by atoms with E-state index >= 15 is 0 Å². The largest absolute Gasteiger partial charge is 0.483 e. The Morgan fingerprint density at radius 2 is 1.48 bits per heavy atom. The van der Waals surface area contributed by atoms with E-state index in [1.807, 2.05) is 0 Å². The second-order valence-electron chi connectivity index (χ2n) is 5.73. The molecule has 0 amide bonds. The molecule has 1 heterocycles. The molecule has 0 aromatic rings. The predicted octanol–water partition coefficient (Wildman–Crippen LogP) is 1.93. The normalized spacial score (nSPS) is 22.9. The summed E-state index contributed by atoms with van der Waals surface area (Å²) in [5.41, 5.74) is 5.98. The van der Waals surface area contributed by atoms with Crippen molar-refractivity contribution in [3.63, 3.8) is 0 Å². The molecule has 1 saturated heterocycles. The first-order valence-corrected chi connectivity index (χ1v) is 9.61. The summed E-state index contributed by atoms with van der Waals surface area (Å²) in [4.78, 5) is 0. The minimum atomic E-state index is -1.67. The summed E-state index contributed by atoms with van der Waals surface area (Å²) in [5.74, 6) is 0.688. The minimum Gasteiger partial charge on any atom is -0.379 e. The fraction of sp³-hybridized carbons (Fsp3) is 1.00. The zero-order valence-electron chi connectivity index (χ0n) is 14.4. The van der Waals surface area contributed by atoms with Gasteiger partial charge in [-0.2, -0.15) is 0 Å². The molecule has 0 aromatic heterocycles. The highest BCUT2D eigenvalue weighted by atomic mass is 28.3. The van der Waals surface area contributed by atoms with E-state index in [1.165, 1.54) is 51.5 Å². The van der Waals surface area contributed by atoms with Crippen LogP contribution in [0.15, 0.2) is 0 Å². The topological polar surface area (TPSA) is 65.7 Å². The van der Waals surface area contributed by atoms with E-state index < -0.39 is 9.53 Å². The smallest absolute Gasteiger partial charge is 0.379 e. The van der Waals surface area contributed by atoms with Crippen molar-refractivity contribution in [2.75, 3.05) is 34.4 Å². The predicted molar refractivity (Wildman–Crippen MR) is 90.5 cm³/mol. The fourth-order valence-electron chi connectivity index (χ4n) is 2.49. The summed E-state index contributed by atoms with van der Waals surface area (Å²) in [7, 11) is 3.05. The Labute approximate surface area is 132 Å². The molecular weight excluding hydrogens is 284 g/mol. The zero-order chi connectivity index (χ0) is 15.9. The van der Waals surface area contributed by atoms with Crippen molar-refractivity contribution in [1.82, 2.24) is 5.32 Å². The van der Waals surface area contributed by atoms with Crippen molar-refractivity contribution < 1.29 is 13.3 Å². The van der Waals surface area contributed by atoms with Crippen molar-refractivity contribution in [1.29, 1.82) is 0 Å². The molecule has 1 rings (SSSR count). The Morgan fingerprint density at radius 3 is 1.95 bits per heavy atom. The van der Waals surface area contributed by atoms with Gasteiger partial charge in [0.2, 0.25) is 0 Å². The average Bonchev–Trinajstić information content (AvgIpc) is 2.54. The lowest BCUT2D eigenvalue weighted by Gasteiger charge is -2.20. The van der Waals surface area contributed by atoms with Gasteiger partial charge in [-0.05, 0) is 38.8 Å². The van der Waals surface area contributed by atoms with Crippen LogP contribution in [0.25, 0.3) is 0 Å². The van der Waals surface area contributed by atoms with Crippen LogP contribution >= 0.6 is 0 Å². The molecule has 1 aliphatic rings. The van der Waals surface area contributed by atoms with Gasteiger partial charge in [-0.15, -0.1) is 0 Å². The van der Waals surface area contributed by atoms with Crippen molar-refractivity contribution in [2.45, 2.75) is 57.9 Å². The van der Waals surface area contributed by atoms with Crippen LogP contribution < -0.4 is 11.1 Å². The van der Waals surface area contributed by atoms with Gasteiger partial charge in [-0.25, -0.2) is 0 Å². The zero-order valence-corrected chi connectivity index (χ0v) is 15.6. The molecule has 0 aromatic carbocycles. The molecule has 2 atom stereocenters. The monoisotopic (exact) mass is 320 g/mol. The summed E-state index contributed by atoms with van der Waals surface area (Å²) in [6.45, 7) is 4.45. The number of hydrogen-bond donors (Lipinski definition) is 2. The highest BCUT2D eigenvalue weighted by Crippen LogP contribution is 2.15. The summed E-state index contributed by atoms with van der Waals surface area (Å²) in [6.07, 6.45) is 9.67. The van der Waals surface area contributed by atoms with Crippen LogP contribution in [0.1, 0.15) is 51.9 Å². The van der Waals surface area contributed by atoms with Crippen LogP contribution in [0.2, 0.25) is 0 Å². The Balaban J connectivity index is 0.000000486. The third-order valence-corrected chi connectivity index (χ3v) is 5.06. The molecule has 1 aliphatic heterocycles. The lowest BCUT2D eigenvalue weighted by molar-refractivity contribution is 0.163. The van der Waals surface area contributed by atoms with E-state index in [2.05, 4.69) is 12.2 Å². The molecule has 0 aliphatic carbocycles. The van der Waals surface area contributed by atoms with Crippen LogP contribution in [0.4, 0.5) is 0 Å². The molecular formula is C15H36N2O3Si. The van der Waals surface area contributed by atoms with E-state index in [9.17, 15) is 0 Å². The highest BCUT2D eigenvalue weighted by molar-refractivity contribution is 6.36. The molecule has 128 valence electrons. The molecule has 0 radical (unpaired) electrons. The molecule has 6 heteroatoms. The Hall–Kier alpha value is 0.0169. The number of hydrogen-bond acceptors (Lipinski definition) is 5.